The van der Waals surface area contributed by atoms with Gasteiger partial charge in [-0.2, -0.15) is 0 Å². The molecule has 2 amide bonds. The number of carbonyl (C=O) groups excluding carboxylic acids is 2. The highest BCUT2D eigenvalue weighted by molar-refractivity contribution is 7.92. The summed E-state index contributed by atoms with van der Waals surface area (Å²) in [4.78, 5) is 28.3. The number of nitrogens with zero attached hydrogens (tertiary/aromatic N) is 2. The molecule has 3 rings (SSSR count). The summed E-state index contributed by atoms with van der Waals surface area (Å²) in [6, 6.07) is 17.3. The minimum absolute atomic E-state index is 0.0483. The van der Waals surface area contributed by atoms with Crippen molar-refractivity contribution in [2.45, 2.75) is 51.6 Å². The minimum Gasteiger partial charge on any atom is -0.354 e. The summed E-state index contributed by atoms with van der Waals surface area (Å²) in [5.41, 5.74) is 2.48. The maximum Gasteiger partial charge on any atom is 0.264 e. The molecule has 10 heteroatoms. The number of hydrogen-bond acceptors (Lipinski definition) is 4. The van der Waals surface area contributed by atoms with E-state index in [1.807, 2.05) is 19.9 Å². The third-order valence-corrected chi connectivity index (χ3v) is 8.82. The standard InChI is InChI=1S/C29H33Cl2N3O4S/c1-5-16-32-29(36)22(4)33(18-24-25(30)12-9-13-26(24)31)28(35)19-34(27-15-14-20(2)17-21(27)3)39(37,38)23-10-7-6-8-11-23/h6-15,17,22H,5,16,18-19H2,1-4H3,(H,32,36)/t22-/m0/s1. The second kappa shape index (κ2) is 13.3. The molecule has 0 heterocycles. The van der Waals surface area contributed by atoms with Crippen molar-refractivity contribution in [1.82, 2.24) is 10.2 Å². The molecule has 0 saturated heterocycles. The number of carbonyl (C=O) groups is 2. The van der Waals surface area contributed by atoms with Crippen molar-refractivity contribution >= 4 is 50.7 Å². The fraction of sp³-hybridized carbons (Fsp3) is 0.310. The maximum atomic E-state index is 14.0. The summed E-state index contributed by atoms with van der Waals surface area (Å²) in [5.74, 6) is -0.943. The first-order valence-electron chi connectivity index (χ1n) is 12.6. The summed E-state index contributed by atoms with van der Waals surface area (Å²) in [7, 11) is -4.13. The Morgan fingerprint density at radius 3 is 2.18 bits per heavy atom. The molecule has 7 nitrogen and oxygen atoms in total. The van der Waals surface area contributed by atoms with E-state index in [4.69, 9.17) is 23.2 Å². The van der Waals surface area contributed by atoms with E-state index in [0.29, 0.717) is 33.4 Å². The van der Waals surface area contributed by atoms with Crippen LogP contribution in [0.1, 0.15) is 37.0 Å². The van der Waals surface area contributed by atoms with E-state index in [9.17, 15) is 18.0 Å². The van der Waals surface area contributed by atoms with Gasteiger partial charge in [0.1, 0.15) is 12.6 Å². The fourth-order valence-corrected chi connectivity index (χ4v) is 6.17. The Hall–Kier alpha value is -3.07. The number of halogens is 2. The van der Waals surface area contributed by atoms with E-state index >= 15 is 0 Å². The van der Waals surface area contributed by atoms with Gasteiger partial charge in [0.15, 0.2) is 0 Å². The number of aryl methyl sites for hydroxylation is 2. The zero-order valence-corrected chi connectivity index (χ0v) is 24.8. The molecular formula is C29H33Cl2N3O4S. The zero-order valence-electron chi connectivity index (χ0n) is 22.4. The van der Waals surface area contributed by atoms with Crippen LogP contribution in [0.2, 0.25) is 10.0 Å². The molecule has 39 heavy (non-hydrogen) atoms. The monoisotopic (exact) mass is 589 g/mol. The lowest BCUT2D eigenvalue weighted by Gasteiger charge is -2.32. The summed E-state index contributed by atoms with van der Waals surface area (Å²) in [6.45, 7) is 7.05. The average Bonchev–Trinajstić information content (AvgIpc) is 2.90. The van der Waals surface area contributed by atoms with Crippen LogP contribution in [0.25, 0.3) is 0 Å². The zero-order chi connectivity index (χ0) is 28.7. The van der Waals surface area contributed by atoms with Gasteiger partial charge in [-0.3, -0.25) is 13.9 Å². The van der Waals surface area contributed by atoms with Crippen LogP contribution in [-0.2, 0) is 26.2 Å². The highest BCUT2D eigenvalue weighted by Crippen LogP contribution is 2.30. The van der Waals surface area contributed by atoms with Gasteiger partial charge in [-0.25, -0.2) is 8.42 Å². The summed E-state index contributed by atoms with van der Waals surface area (Å²) >= 11 is 12.8. The molecule has 0 unspecified atom stereocenters. The molecule has 0 spiro atoms. The Bertz CT molecular complexity index is 1410. The van der Waals surface area contributed by atoms with E-state index in [1.165, 1.54) is 17.0 Å². The molecule has 0 aromatic heterocycles. The van der Waals surface area contributed by atoms with Crippen molar-refractivity contribution in [3.8, 4) is 0 Å². The smallest absolute Gasteiger partial charge is 0.264 e. The Morgan fingerprint density at radius 1 is 0.949 bits per heavy atom. The van der Waals surface area contributed by atoms with Crippen molar-refractivity contribution < 1.29 is 18.0 Å². The van der Waals surface area contributed by atoms with Crippen LogP contribution in [0.3, 0.4) is 0 Å². The summed E-state index contributed by atoms with van der Waals surface area (Å²) in [6.07, 6.45) is 0.721. The van der Waals surface area contributed by atoms with Gasteiger partial charge in [-0.1, -0.05) is 72.1 Å². The molecule has 3 aromatic carbocycles. The predicted molar refractivity (Wildman–Crippen MR) is 157 cm³/mol. The topological polar surface area (TPSA) is 86.8 Å². The number of anilines is 1. The lowest BCUT2D eigenvalue weighted by molar-refractivity contribution is -0.139. The molecule has 1 N–H and O–H groups in total. The number of benzene rings is 3. The van der Waals surface area contributed by atoms with Gasteiger partial charge < -0.3 is 10.2 Å². The van der Waals surface area contributed by atoms with Gasteiger partial charge in [0.25, 0.3) is 10.0 Å². The number of hydrogen-bond donors (Lipinski definition) is 1. The highest BCUT2D eigenvalue weighted by atomic mass is 35.5. The van der Waals surface area contributed by atoms with Crippen molar-refractivity contribution in [2.75, 3.05) is 17.4 Å². The maximum absolute atomic E-state index is 14.0. The van der Waals surface area contributed by atoms with Crippen molar-refractivity contribution in [3.05, 3.63) is 93.5 Å². The van der Waals surface area contributed by atoms with Crippen LogP contribution in [0.4, 0.5) is 5.69 Å². The van der Waals surface area contributed by atoms with Gasteiger partial charge in [0, 0.05) is 28.7 Å². The SMILES string of the molecule is CCCNC(=O)[C@H](C)N(Cc1c(Cl)cccc1Cl)C(=O)CN(c1ccc(C)cc1C)S(=O)(=O)c1ccccc1. The molecule has 0 aliphatic heterocycles. The number of nitrogens with one attached hydrogen (secondary N) is 1. The first-order chi connectivity index (χ1) is 18.5. The lowest BCUT2D eigenvalue weighted by Crippen LogP contribution is -2.51. The van der Waals surface area contributed by atoms with E-state index in [2.05, 4.69) is 5.32 Å². The Labute approximate surface area is 240 Å². The van der Waals surface area contributed by atoms with Gasteiger partial charge in [0.05, 0.1) is 10.6 Å². The average molecular weight is 591 g/mol. The van der Waals surface area contributed by atoms with Gasteiger partial charge >= 0.3 is 0 Å². The van der Waals surface area contributed by atoms with Crippen LogP contribution < -0.4 is 9.62 Å². The quantitative estimate of drug-likeness (QED) is 0.308. The van der Waals surface area contributed by atoms with E-state index < -0.39 is 28.5 Å². The van der Waals surface area contributed by atoms with E-state index in [1.54, 1.807) is 62.4 Å². The van der Waals surface area contributed by atoms with Crippen molar-refractivity contribution in [2.24, 2.45) is 0 Å². The van der Waals surface area contributed by atoms with Crippen molar-refractivity contribution in [1.29, 1.82) is 0 Å². The first kappa shape index (κ1) is 30.5. The van der Waals surface area contributed by atoms with E-state index in [0.717, 1.165) is 16.3 Å². The minimum atomic E-state index is -4.13. The Kier molecular flexibility index (Phi) is 10.4. The molecule has 0 bridgehead atoms. The number of sulfonamides is 1. The van der Waals surface area contributed by atoms with Gasteiger partial charge in [-0.05, 0) is 63.1 Å². The number of amides is 2. The highest BCUT2D eigenvalue weighted by Gasteiger charge is 2.33. The normalized spacial score (nSPS) is 12.1. The second-order valence-electron chi connectivity index (χ2n) is 9.30. The third-order valence-electron chi connectivity index (χ3n) is 6.34. The Balaban J connectivity index is 2.08. The van der Waals surface area contributed by atoms with Crippen LogP contribution in [0.5, 0.6) is 0 Å². The molecule has 0 aliphatic rings. The largest absolute Gasteiger partial charge is 0.354 e. The predicted octanol–water partition coefficient (Wildman–Crippen LogP) is 5.75. The summed E-state index contributed by atoms with van der Waals surface area (Å²) < 4.78 is 28.8. The fourth-order valence-electron chi connectivity index (χ4n) is 4.15. The molecule has 0 fully saturated rings. The first-order valence-corrected chi connectivity index (χ1v) is 14.8. The molecule has 208 valence electrons. The van der Waals surface area contributed by atoms with Crippen LogP contribution in [-0.4, -0.2) is 44.3 Å². The lowest BCUT2D eigenvalue weighted by atomic mass is 10.1. The summed E-state index contributed by atoms with van der Waals surface area (Å²) in [5, 5.41) is 3.48. The molecule has 1 atom stereocenters. The molecule has 0 aliphatic carbocycles. The third kappa shape index (κ3) is 7.32. The van der Waals surface area contributed by atoms with Gasteiger partial charge in [-0.15, -0.1) is 0 Å². The van der Waals surface area contributed by atoms with Crippen LogP contribution in [0, 0.1) is 13.8 Å². The number of rotatable bonds is 11. The second-order valence-corrected chi connectivity index (χ2v) is 12.0. The van der Waals surface area contributed by atoms with Crippen molar-refractivity contribution in [3.63, 3.8) is 0 Å². The molecule has 0 radical (unpaired) electrons. The molecular weight excluding hydrogens is 557 g/mol. The molecule has 0 saturated carbocycles. The van der Waals surface area contributed by atoms with Crippen LogP contribution in [0.15, 0.2) is 71.6 Å². The van der Waals surface area contributed by atoms with Gasteiger partial charge in [0.2, 0.25) is 11.8 Å². The molecule has 3 aromatic rings. The Morgan fingerprint density at radius 2 is 1.59 bits per heavy atom. The van der Waals surface area contributed by atoms with E-state index in [-0.39, 0.29) is 17.3 Å². The van der Waals surface area contributed by atoms with Crippen LogP contribution >= 0.6 is 23.2 Å².